The number of halogens is 1. The van der Waals surface area contributed by atoms with E-state index in [0.29, 0.717) is 12.3 Å². The predicted octanol–water partition coefficient (Wildman–Crippen LogP) is 4.60. The maximum absolute atomic E-state index is 8.84. The molecule has 0 fully saturated rings. The number of hydrogen-bond acceptors (Lipinski definition) is 5. The molecule has 0 spiro atoms. The lowest BCUT2D eigenvalue weighted by Gasteiger charge is -2.12. The van der Waals surface area contributed by atoms with Crippen molar-refractivity contribution in [1.29, 1.82) is 0 Å². The second-order valence-electron chi connectivity index (χ2n) is 5.95. The number of aliphatic hydroxyl groups excluding tert-OH is 1. The number of ether oxygens (including phenoxy) is 3. The van der Waals surface area contributed by atoms with Gasteiger partial charge in [-0.1, -0.05) is 28.1 Å². The standard InChI is InChI=1S/C21H22BrNO4/c1-25-20-10-14-3-5-17(9-16(14)11-21(20)26-2)23-13-15-4-6-18(12-19(15)22)27-8-7-24/h3-6,9-12,23-24H,7-8,13H2,1-2H3. The van der Waals surface area contributed by atoms with Gasteiger partial charge in [0.2, 0.25) is 0 Å². The lowest BCUT2D eigenvalue weighted by Crippen LogP contribution is -2.03. The highest BCUT2D eigenvalue weighted by Gasteiger charge is 2.07. The van der Waals surface area contributed by atoms with Crippen molar-refractivity contribution >= 4 is 32.4 Å². The van der Waals surface area contributed by atoms with Crippen molar-refractivity contribution in [2.75, 3.05) is 32.8 Å². The van der Waals surface area contributed by atoms with Crippen molar-refractivity contribution in [2.45, 2.75) is 6.54 Å². The van der Waals surface area contributed by atoms with E-state index in [2.05, 4.69) is 33.4 Å². The molecule has 0 unspecified atom stereocenters. The maximum atomic E-state index is 8.84. The summed E-state index contributed by atoms with van der Waals surface area (Å²) in [5.41, 5.74) is 2.13. The van der Waals surface area contributed by atoms with Crippen molar-refractivity contribution in [3.63, 3.8) is 0 Å². The zero-order valence-electron chi connectivity index (χ0n) is 15.3. The molecule has 0 saturated carbocycles. The Balaban J connectivity index is 1.75. The molecule has 0 saturated heterocycles. The first kappa shape index (κ1) is 19.3. The van der Waals surface area contributed by atoms with Gasteiger partial charge in [0.25, 0.3) is 0 Å². The molecular weight excluding hydrogens is 410 g/mol. The quantitative estimate of drug-likeness (QED) is 0.545. The Hall–Kier alpha value is -2.44. The van der Waals surface area contributed by atoms with E-state index in [9.17, 15) is 0 Å². The molecule has 0 aliphatic carbocycles. The van der Waals surface area contributed by atoms with Gasteiger partial charge in [-0.3, -0.25) is 0 Å². The Morgan fingerprint density at radius 3 is 2.33 bits per heavy atom. The molecule has 0 bridgehead atoms. The zero-order chi connectivity index (χ0) is 19.2. The van der Waals surface area contributed by atoms with Crippen LogP contribution in [-0.4, -0.2) is 32.5 Å². The molecule has 0 radical (unpaired) electrons. The second kappa shape index (κ2) is 8.97. The van der Waals surface area contributed by atoms with Crippen LogP contribution in [0.1, 0.15) is 5.56 Å². The third kappa shape index (κ3) is 4.64. The highest BCUT2D eigenvalue weighted by atomic mass is 79.9. The van der Waals surface area contributed by atoms with Gasteiger partial charge < -0.3 is 24.6 Å². The summed E-state index contributed by atoms with van der Waals surface area (Å²) < 4.78 is 17.1. The molecule has 6 heteroatoms. The molecule has 2 N–H and O–H groups in total. The fourth-order valence-electron chi connectivity index (χ4n) is 2.81. The van der Waals surface area contributed by atoms with Crippen LogP contribution in [0.5, 0.6) is 17.2 Å². The van der Waals surface area contributed by atoms with E-state index >= 15 is 0 Å². The average molecular weight is 432 g/mol. The Labute approximate surface area is 167 Å². The molecule has 3 aromatic rings. The minimum atomic E-state index is -0.000447. The lowest BCUT2D eigenvalue weighted by atomic mass is 10.1. The summed E-state index contributed by atoms with van der Waals surface area (Å²) in [6, 6.07) is 15.9. The van der Waals surface area contributed by atoms with Crippen molar-refractivity contribution in [1.82, 2.24) is 0 Å². The van der Waals surface area contributed by atoms with Crippen molar-refractivity contribution < 1.29 is 19.3 Å². The summed E-state index contributed by atoms with van der Waals surface area (Å²) >= 11 is 3.57. The van der Waals surface area contributed by atoms with E-state index in [1.165, 1.54) is 0 Å². The number of nitrogens with one attached hydrogen (secondary N) is 1. The lowest BCUT2D eigenvalue weighted by molar-refractivity contribution is 0.201. The summed E-state index contributed by atoms with van der Waals surface area (Å²) in [5.74, 6) is 2.16. The van der Waals surface area contributed by atoms with Gasteiger partial charge in [0.15, 0.2) is 11.5 Å². The first-order chi connectivity index (χ1) is 13.1. The molecule has 142 valence electrons. The Morgan fingerprint density at radius 2 is 1.67 bits per heavy atom. The minimum absolute atomic E-state index is 0.000447. The van der Waals surface area contributed by atoms with Crippen LogP contribution in [-0.2, 0) is 6.54 Å². The topological polar surface area (TPSA) is 60.0 Å². The summed E-state index contributed by atoms with van der Waals surface area (Å²) in [4.78, 5) is 0. The van der Waals surface area contributed by atoms with Crippen LogP contribution in [0.15, 0.2) is 53.0 Å². The first-order valence-electron chi connectivity index (χ1n) is 8.56. The predicted molar refractivity (Wildman–Crippen MR) is 111 cm³/mol. The second-order valence-corrected chi connectivity index (χ2v) is 6.80. The van der Waals surface area contributed by atoms with E-state index in [1.807, 2.05) is 36.4 Å². The van der Waals surface area contributed by atoms with Gasteiger partial charge in [0, 0.05) is 16.7 Å². The molecule has 0 aromatic heterocycles. The summed E-state index contributed by atoms with van der Waals surface area (Å²) in [7, 11) is 3.27. The number of aliphatic hydroxyl groups is 1. The van der Waals surface area contributed by atoms with Crippen LogP contribution >= 0.6 is 15.9 Å². The number of rotatable bonds is 8. The summed E-state index contributed by atoms with van der Waals surface area (Å²) in [5, 5.41) is 14.4. The third-order valence-electron chi connectivity index (χ3n) is 4.21. The molecule has 0 aliphatic rings. The van der Waals surface area contributed by atoms with Crippen molar-refractivity contribution in [2.24, 2.45) is 0 Å². The Bertz CT molecular complexity index is 929. The Morgan fingerprint density at radius 1 is 0.926 bits per heavy atom. The highest BCUT2D eigenvalue weighted by molar-refractivity contribution is 9.10. The number of anilines is 1. The molecule has 5 nitrogen and oxygen atoms in total. The minimum Gasteiger partial charge on any atom is -0.493 e. The van der Waals surface area contributed by atoms with Crippen LogP contribution < -0.4 is 19.5 Å². The van der Waals surface area contributed by atoms with E-state index in [-0.39, 0.29) is 13.2 Å². The van der Waals surface area contributed by atoms with E-state index in [1.54, 1.807) is 14.2 Å². The van der Waals surface area contributed by atoms with Gasteiger partial charge in [0.05, 0.1) is 20.8 Å². The van der Waals surface area contributed by atoms with E-state index < -0.39 is 0 Å². The zero-order valence-corrected chi connectivity index (χ0v) is 16.9. The monoisotopic (exact) mass is 431 g/mol. The molecule has 3 rings (SSSR count). The van der Waals surface area contributed by atoms with Crippen LogP contribution in [0, 0.1) is 0 Å². The molecular formula is C21H22BrNO4. The third-order valence-corrected chi connectivity index (χ3v) is 4.95. The van der Waals surface area contributed by atoms with Gasteiger partial charge in [-0.25, -0.2) is 0 Å². The van der Waals surface area contributed by atoms with Gasteiger partial charge >= 0.3 is 0 Å². The normalized spacial score (nSPS) is 10.7. The fourth-order valence-corrected chi connectivity index (χ4v) is 3.30. The first-order valence-corrected chi connectivity index (χ1v) is 9.35. The van der Waals surface area contributed by atoms with Crippen molar-refractivity contribution in [3.05, 3.63) is 58.6 Å². The van der Waals surface area contributed by atoms with E-state index in [4.69, 9.17) is 19.3 Å². The largest absolute Gasteiger partial charge is 0.493 e. The number of benzene rings is 3. The van der Waals surface area contributed by atoms with E-state index in [0.717, 1.165) is 38.0 Å². The molecule has 3 aromatic carbocycles. The van der Waals surface area contributed by atoms with Crippen molar-refractivity contribution in [3.8, 4) is 17.2 Å². The van der Waals surface area contributed by atoms with Crippen LogP contribution in [0.2, 0.25) is 0 Å². The Kier molecular flexibility index (Phi) is 6.42. The van der Waals surface area contributed by atoms with Gasteiger partial charge in [0.1, 0.15) is 12.4 Å². The van der Waals surface area contributed by atoms with Crippen LogP contribution in [0.3, 0.4) is 0 Å². The number of fused-ring (bicyclic) bond motifs is 1. The molecule has 0 amide bonds. The fraction of sp³-hybridized carbons (Fsp3) is 0.238. The average Bonchev–Trinajstić information content (AvgIpc) is 2.70. The molecule has 0 heterocycles. The number of hydrogen-bond donors (Lipinski definition) is 2. The van der Waals surface area contributed by atoms with Crippen LogP contribution in [0.25, 0.3) is 10.8 Å². The maximum Gasteiger partial charge on any atom is 0.161 e. The van der Waals surface area contributed by atoms with Crippen LogP contribution in [0.4, 0.5) is 5.69 Å². The molecule has 0 atom stereocenters. The van der Waals surface area contributed by atoms with Gasteiger partial charge in [-0.2, -0.15) is 0 Å². The SMILES string of the molecule is COc1cc2ccc(NCc3ccc(OCCO)cc3Br)cc2cc1OC. The molecule has 27 heavy (non-hydrogen) atoms. The molecule has 0 aliphatic heterocycles. The summed E-state index contributed by atoms with van der Waals surface area (Å²) in [6.45, 7) is 0.953. The summed E-state index contributed by atoms with van der Waals surface area (Å²) in [6.07, 6.45) is 0. The van der Waals surface area contributed by atoms with Gasteiger partial charge in [-0.05, 0) is 52.7 Å². The van der Waals surface area contributed by atoms with Gasteiger partial charge in [-0.15, -0.1) is 0 Å². The smallest absolute Gasteiger partial charge is 0.161 e. The number of methoxy groups -OCH3 is 2. The highest BCUT2D eigenvalue weighted by Crippen LogP contribution is 2.33.